The van der Waals surface area contributed by atoms with Gasteiger partial charge in [-0.3, -0.25) is 9.59 Å². The molecule has 1 amide bonds. The third kappa shape index (κ3) is 5.27. The van der Waals surface area contributed by atoms with E-state index in [1.165, 1.54) is 30.3 Å². The Morgan fingerprint density at radius 3 is 2.49 bits per heavy atom. The Kier molecular flexibility index (Phi) is 7.75. The van der Waals surface area contributed by atoms with Gasteiger partial charge in [-0.15, -0.1) is 0 Å². The molecule has 6 nitrogen and oxygen atoms in total. The third-order valence-electron chi connectivity index (χ3n) is 6.15. The Labute approximate surface area is 212 Å². The van der Waals surface area contributed by atoms with Crippen molar-refractivity contribution in [3.8, 4) is 6.07 Å². The number of carboxylic acids is 1. The van der Waals surface area contributed by atoms with E-state index in [-0.39, 0.29) is 26.6 Å². The van der Waals surface area contributed by atoms with E-state index < -0.39 is 53.5 Å². The molecule has 10 heteroatoms. The topological polar surface area (TPSA) is 102 Å². The highest BCUT2D eigenvalue weighted by atomic mass is 35.5. The number of nitrogens with zero attached hydrogens (tertiary/aromatic N) is 1. The summed E-state index contributed by atoms with van der Waals surface area (Å²) < 4.78 is 30.8. The van der Waals surface area contributed by atoms with Crippen LogP contribution in [0.2, 0.25) is 10.0 Å². The molecule has 0 saturated carbocycles. The summed E-state index contributed by atoms with van der Waals surface area (Å²) in [6.45, 7) is 5.08. The average Bonchev–Trinajstić information content (AvgIpc) is 3.07. The molecule has 2 aromatic rings. The van der Waals surface area contributed by atoms with E-state index in [1.54, 1.807) is 0 Å². The van der Waals surface area contributed by atoms with Gasteiger partial charge in [0.05, 0.1) is 17.1 Å². The summed E-state index contributed by atoms with van der Waals surface area (Å²) in [6, 6.07) is 8.20. The zero-order valence-corrected chi connectivity index (χ0v) is 20.8. The number of hydrogen-bond acceptors (Lipinski definition) is 4. The zero-order chi connectivity index (χ0) is 26.1. The van der Waals surface area contributed by atoms with Crippen molar-refractivity contribution in [2.24, 2.45) is 5.41 Å². The van der Waals surface area contributed by atoms with Crippen LogP contribution >= 0.6 is 23.2 Å². The van der Waals surface area contributed by atoms with Crippen LogP contribution in [-0.2, 0) is 15.0 Å². The van der Waals surface area contributed by atoms with Gasteiger partial charge in [-0.1, -0.05) is 62.2 Å². The summed E-state index contributed by atoms with van der Waals surface area (Å²) >= 11 is 12.0. The third-order valence-corrected chi connectivity index (χ3v) is 6.67. The monoisotopic (exact) mass is 523 g/mol. The fourth-order valence-corrected chi connectivity index (χ4v) is 5.17. The molecule has 0 aliphatic carbocycles. The first kappa shape index (κ1) is 26.9. The first-order chi connectivity index (χ1) is 16.3. The van der Waals surface area contributed by atoms with Crippen molar-refractivity contribution in [3.63, 3.8) is 0 Å². The fourth-order valence-electron chi connectivity index (χ4n) is 4.83. The summed E-state index contributed by atoms with van der Waals surface area (Å²) in [6.07, 6.45) is 0.310. The highest BCUT2D eigenvalue weighted by Gasteiger charge is 2.61. The number of carboxylic acid groups (broad SMARTS) is 1. The molecule has 186 valence electrons. The summed E-state index contributed by atoms with van der Waals surface area (Å²) in [5.74, 6) is -4.91. The molecule has 0 bridgehead atoms. The first-order valence-corrected chi connectivity index (χ1v) is 11.6. The second-order valence-electron chi connectivity index (χ2n) is 9.80. The van der Waals surface area contributed by atoms with E-state index in [0.29, 0.717) is 6.42 Å². The average molecular weight is 524 g/mol. The number of nitrogens with one attached hydrogen (secondary N) is 2. The fraction of sp³-hybridized carbons (Fsp3) is 0.400. The molecule has 35 heavy (non-hydrogen) atoms. The van der Waals surface area contributed by atoms with Crippen molar-refractivity contribution < 1.29 is 23.5 Å². The van der Waals surface area contributed by atoms with Crippen LogP contribution in [0, 0.1) is 28.4 Å². The molecule has 0 spiro atoms. The van der Waals surface area contributed by atoms with E-state index in [9.17, 15) is 14.9 Å². The van der Waals surface area contributed by atoms with Crippen molar-refractivity contribution >= 4 is 35.1 Å². The van der Waals surface area contributed by atoms with Crippen LogP contribution in [0.15, 0.2) is 36.4 Å². The minimum absolute atomic E-state index is 0.0518. The van der Waals surface area contributed by atoms with E-state index in [1.807, 2.05) is 20.8 Å². The van der Waals surface area contributed by atoms with Gasteiger partial charge in [0.1, 0.15) is 23.6 Å². The highest BCUT2D eigenvalue weighted by Crippen LogP contribution is 2.52. The molecule has 4 atom stereocenters. The number of carbonyl (C=O) groups excluding carboxylic acids is 1. The molecule has 2 aromatic carbocycles. The van der Waals surface area contributed by atoms with E-state index in [2.05, 4.69) is 16.7 Å². The van der Waals surface area contributed by atoms with E-state index >= 15 is 8.78 Å². The lowest BCUT2D eigenvalue weighted by Crippen LogP contribution is -2.46. The Balaban J connectivity index is 2.33. The van der Waals surface area contributed by atoms with Crippen LogP contribution in [0.5, 0.6) is 0 Å². The van der Waals surface area contributed by atoms with Gasteiger partial charge >= 0.3 is 5.97 Å². The SMILES string of the molecule is CC(C)(C)C[C@@H]1N[C@@H](C(=O)NCC(=O)O)C(c2cccc(Cl)c2F)[C@@]1(C#N)c1ccc(Cl)cc1F. The summed E-state index contributed by atoms with van der Waals surface area (Å²) in [4.78, 5) is 24.3. The van der Waals surface area contributed by atoms with Crippen molar-refractivity contribution in [2.45, 2.75) is 50.6 Å². The molecule has 1 unspecified atom stereocenters. The van der Waals surface area contributed by atoms with Gasteiger partial charge in [-0.2, -0.15) is 5.26 Å². The molecule has 3 rings (SSSR count). The van der Waals surface area contributed by atoms with E-state index in [4.69, 9.17) is 28.3 Å². The lowest BCUT2D eigenvalue weighted by atomic mass is 9.62. The van der Waals surface area contributed by atoms with Crippen LogP contribution in [0.25, 0.3) is 0 Å². The maximum absolute atomic E-state index is 15.4. The maximum atomic E-state index is 15.4. The Hall–Kier alpha value is -2.73. The predicted octanol–water partition coefficient (Wildman–Crippen LogP) is 4.79. The van der Waals surface area contributed by atoms with E-state index in [0.717, 1.165) is 6.07 Å². The molecular weight excluding hydrogens is 499 g/mol. The molecule has 1 aliphatic heterocycles. The van der Waals surface area contributed by atoms with Crippen molar-refractivity contribution in [2.75, 3.05) is 6.54 Å². The number of halogens is 4. The summed E-state index contributed by atoms with van der Waals surface area (Å²) in [5, 5.41) is 25.0. The molecule has 1 fully saturated rings. The molecule has 3 N–H and O–H groups in total. The standard InChI is InChI=1S/C25H25Cl2F2N3O3/c1-24(2,3)10-18-25(12-30,15-8-7-13(26)9-17(15)28)20(14-5-4-6-16(27)21(14)29)22(32-18)23(35)31-11-19(33)34/h4-9,18,20,22,32H,10-11H2,1-3H3,(H,31,35)(H,33,34)/t18-,20?,22+,25-/m0/s1. The minimum Gasteiger partial charge on any atom is -0.480 e. The predicted molar refractivity (Wildman–Crippen MR) is 128 cm³/mol. The van der Waals surface area contributed by atoms with Gasteiger partial charge in [0.25, 0.3) is 0 Å². The van der Waals surface area contributed by atoms with Crippen LogP contribution in [-0.4, -0.2) is 35.6 Å². The number of benzene rings is 2. The highest BCUT2D eigenvalue weighted by molar-refractivity contribution is 6.31. The minimum atomic E-state index is -1.77. The van der Waals surface area contributed by atoms with Crippen LogP contribution in [0.4, 0.5) is 8.78 Å². The Morgan fingerprint density at radius 1 is 1.23 bits per heavy atom. The molecule has 1 heterocycles. The number of carbonyl (C=O) groups is 2. The number of aliphatic carboxylic acids is 1. The molecule has 1 aliphatic rings. The molecule has 0 aromatic heterocycles. The van der Waals surface area contributed by atoms with Gasteiger partial charge in [0.15, 0.2) is 0 Å². The van der Waals surface area contributed by atoms with Crippen molar-refractivity contribution in [3.05, 3.63) is 69.2 Å². The molecule has 1 saturated heterocycles. The number of amides is 1. The van der Waals surface area contributed by atoms with Gasteiger partial charge in [0.2, 0.25) is 5.91 Å². The normalized spacial score (nSPS) is 24.1. The smallest absolute Gasteiger partial charge is 0.322 e. The molecular formula is C25H25Cl2F2N3O3. The van der Waals surface area contributed by atoms with Crippen LogP contribution in [0.1, 0.15) is 44.2 Å². The quantitative estimate of drug-likeness (QED) is 0.504. The first-order valence-electron chi connectivity index (χ1n) is 10.9. The van der Waals surface area contributed by atoms with Crippen molar-refractivity contribution in [1.82, 2.24) is 10.6 Å². The summed E-state index contributed by atoms with van der Waals surface area (Å²) in [7, 11) is 0. The summed E-state index contributed by atoms with van der Waals surface area (Å²) in [5.41, 5.74) is -2.26. The molecule has 0 radical (unpaired) electrons. The lowest BCUT2D eigenvalue weighted by molar-refractivity contribution is -0.138. The zero-order valence-electron chi connectivity index (χ0n) is 19.3. The van der Waals surface area contributed by atoms with Crippen LogP contribution < -0.4 is 10.6 Å². The van der Waals surface area contributed by atoms with Gasteiger partial charge in [-0.05, 0) is 35.6 Å². The van der Waals surface area contributed by atoms with Gasteiger partial charge < -0.3 is 15.7 Å². The lowest BCUT2D eigenvalue weighted by Gasteiger charge is -2.37. The number of hydrogen-bond donors (Lipinski definition) is 3. The van der Waals surface area contributed by atoms with Gasteiger partial charge in [-0.25, -0.2) is 8.78 Å². The second-order valence-corrected chi connectivity index (χ2v) is 10.6. The number of nitriles is 1. The van der Waals surface area contributed by atoms with Crippen molar-refractivity contribution in [1.29, 1.82) is 5.26 Å². The maximum Gasteiger partial charge on any atom is 0.322 e. The largest absolute Gasteiger partial charge is 0.480 e. The Bertz CT molecular complexity index is 1200. The van der Waals surface area contributed by atoms with Gasteiger partial charge in [0, 0.05) is 22.5 Å². The second kappa shape index (κ2) is 10.1. The van der Waals surface area contributed by atoms with Crippen LogP contribution in [0.3, 0.4) is 0 Å². The number of rotatable bonds is 6. The Morgan fingerprint density at radius 2 is 1.91 bits per heavy atom.